The molecule has 0 atom stereocenters. The fourth-order valence-corrected chi connectivity index (χ4v) is 2.24. The Morgan fingerprint density at radius 2 is 1.79 bits per heavy atom. The van der Waals surface area contributed by atoms with Gasteiger partial charge in [-0.25, -0.2) is 0 Å². The fourth-order valence-electron chi connectivity index (χ4n) is 1.37. The summed E-state index contributed by atoms with van der Waals surface area (Å²) in [5, 5.41) is 2.18. The molecule has 0 bridgehead atoms. The van der Waals surface area contributed by atoms with Crippen LogP contribution in [0.4, 0.5) is 4.79 Å². The predicted octanol–water partition coefficient (Wildman–Crippen LogP) is 4.29. The molecule has 0 amide bonds. The van der Waals surface area contributed by atoms with Crippen LogP contribution >= 0.6 is 23.4 Å². The molecule has 0 unspecified atom stereocenters. The van der Waals surface area contributed by atoms with Gasteiger partial charge in [0.25, 0.3) is 4.57 Å². The van der Waals surface area contributed by atoms with Crippen LogP contribution in [0.15, 0.2) is 47.4 Å². The third kappa shape index (κ3) is 1.91. The molecule has 0 fully saturated rings. The van der Waals surface area contributed by atoms with E-state index in [0.29, 0.717) is 0 Å². The molecule has 0 aliphatic carbocycles. The minimum absolute atomic E-state index is 0.402. The predicted molar refractivity (Wildman–Crippen MR) is 61.1 cm³/mol. The van der Waals surface area contributed by atoms with E-state index in [-0.39, 0.29) is 0 Å². The number of fused-ring (bicyclic) bond motifs is 1. The van der Waals surface area contributed by atoms with E-state index >= 15 is 0 Å². The standard InChI is InChI=1S/C11H7ClOS/c12-11(13)14-10-7-3-5-8-4-1-2-6-9(8)10/h1-7H. The lowest BCUT2D eigenvalue weighted by Gasteiger charge is -2.02. The molecule has 0 aromatic heterocycles. The summed E-state index contributed by atoms with van der Waals surface area (Å²) in [6.07, 6.45) is 0. The number of hydrogen-bond donors (Lipinski definition) is 0. The first kappa shape index (κ1) is 9.56. The van der Waals surface area contributed by atoms with Gasteiger partial charge in [0.1, 0.15) is 0 Å². The van der Waals surface area contributed by atoms with E-state index < -0.39 is 4.57 Å². The SMILES string of the molecule is O=C(Cl)Sc1cccc2ccccc12. The van der Waals surface area contributed by atoms with Gasteiger partial charge >= 0.3 is 0 Å². The van der Waals surface area contributed by atoms with Gasteiger partial charge in [-0.2, -0.15) is 0 Å². The average Bonchev–Trinajstić information content (AvgIpc) is 2.18. The second-order valence-corrected chi connectivity index (χ2v) is 4.40. The molecule has 0 spiro atoms. The van der Waals surface area contributed by atoms with Crippen molar-refractivity contribution in [1.29, 1.82) is 0 Å². The number of carbonyl (C=O) groups excluding carboxylic acids is 1. The Kier molecular flexibility index (Phi) is 2.75. The fraction of sp³-hybridized carbons (Fsp3) is 0. The summed E-state index contributed by atoms with van der Waals surface area (Å²) < 4.78 is -0.402. The quantitative estimate of drug-likeness (QED) is 0.529. The molecule has 0 aliphatic heterocycles. The summed E-state index contributed by atoms with van der Waals surface area (Å²) >= 11 is 6.39. The summed E-state index contributed by atoms with van der Waals surface area (Å²) in [4.78, 5) is 11.7. The lowest BCUT2D eigenvalue weighted by Crippen LogP contribution is -1.79. The Balaban J connectivity index is 2.59. The van der Waals surface area contributed by atoms with Crippen LogP contribution in [0.25, 0.3) is 10.8 Å². The zero-order valence-corrected chi connectivity index (χ0v) is 8.81. The van der Waals surface area contributed by atoms with Gasteiger partial charge in [-0.15, -0.1) is 0 Å². The minimum atomic E-state index is -0.402. The van der Waals surface area contributed by atoms with E-state index in [0.717, 1.165) is 27.4 Å². The molecular formula is C11H7ClOS. The van der Waals surface area contributed by atoms with Crippen LogP contribution in [0.1, 0.15) is 0 Å². The minimum Gasteiger partial charge on any atom is -0.268 e. The number of hydrogen-bond acceptors (Lipinski definition) is 2. The highest BCUT2D eigenvalue weighted by Crippen LogP contribution is 2.29. The van der Waals surface area contributed by atoms with Crippen LogP contribution in [0.5, 0.6) is 0 Å². The average molecular weight is 223 g/mol. The monoisotopic (exact) mass is 222 g/mol. The van der Waals surface area contributed by atoms with E-state index in [4.69, 9.17) is 11.6 Å². The number of benzene rings is 2. The van der Waals surface area contributed by atoms with Crippen molar-refractivity contribution in [1.82, 2.24) is 0 Å². The first-order chi connectivity index (χ1) is 6.77. The molecule has 14 heavy (non-hydrogen) atoms. The number of halogens is 1. The van der Waals surface area contributed by atoms with Crippen LogP contribution < -0.4 is 0 Å². The molecule has 2 aromatic carbocycles. The summed E-state index contributed by atoms with van der Waals surface area (Å²) in [7, 11) is 0. The van der Waals surface area contributed by atoms with Crippen molar-refractivity contribution in [2.24, 2.45) is 0 Å². The van der Waals surface area contributed by atoms with Crippen molar-refractivity contribution in [2.75, 3.05) is 0 Å². The summed E-state index contributed by atoms with van der Waals surface area (Å²) in [6, 6.07) is 13.7. The van der Waals surface area contributed by atoms with Crippen LogP contribution in [0.3, 0.4) is 0 Å². The molecule has 0 heterocycles. The van der Waals surface area contributed by atoms with Crippen LogP contribution in [-0.2, 0) is 0 Å². The van der Waals surface area contributed by atoms with Crippen molar-refractivity contribution >= 4 is 38.7 Å². The van der Waals surface area contributed by atoms with Crippen LogP contribution in [-0.4, -0.2) is 4.57 Å². The van der Waals surface area contributed by atoms with Crippen molar-refractivity contribution in [3.05, 3.63) is 42.5 Å². The lowest BCUT2D eigenvalue weighted by molar-refractivity contribution is 0.276. The molecule has 1 nitrogen and oxygen atoms in total. The maximum absolute atomic E-state index is 10.8. The van der Waals surface area contributed by atoms with Gasteiger partial charge in [0, 0.05) is 4.90 Å². The third-order valence-electron chi connectivity index (χ3n) is 1.94. The third-order valence-corrected chi connectivity index (χ3v) is 2.91. The van der Waals surface area contributed by atoms with Gasteiger partial charge in [-0.05, 0) is 40.2 Å². The first-order valence-corrected chi connectivity index (χ1v) is 5.32. The normalized spacial score (nSPS) is 10.4. The van der Waals surface area contributed by atoms with Crippen molar-refractivity contribution in [3.63, 3.8) is 0 Å². The molecule has 0 radical (unpaired) electrons. The zero-order chi connectivity index (χ0) is 9.97. The van der Waals surface area contributed by atoms with E-state index in [1.54, 1.807) is 0 Å². The first-order valence-electron chi connectivity index (χ1n) is 4.12. The number of thioether (sulfide) groups is 1. The Morgan fingerprint density at radius 3 is 2.57 bits per heavy atom. The zero-order valence-electron chi connectivity index (χ0n) is 7.24. The molecule has 2 aromatic rings. The van der Waals surface area contributed by atoms with Crippen molar-refractivity contribution in [3.8, 4) is 0 Å². The highest BCUT2D eigenvalue weighted by Gasteiger charge is 2.04. The Hall–Kier alpha value is -0.990. The van der Waals surface area contributed by atoms with Gasteiger partial charge in [0.2, 0.25) is 0 Å². The highest BCUT2D eigenvalue weighted by molar-refractivity contribution is 8.16. The number of carbonyl (C=O) groups is 1. The topological polar surface area (TPSA) is 17.1 Å². The molecule has 0 aliphatic rings. The second-order valence-electron chi connectivity index (χ2n) is 2.82. The van der Waals surface area contributed by atoms with E-state index in [1.807, 2.05) is 42.5 Å². The molecule has 2 rings (SSSR count). The van der Waals surface area contributed by atoms with Crippen LogP contribution in [0, 0.1) is 0 Å². The maximum Gasteiger partial charge on any atom is 0.284 e. The van der Waals surface area contributed by atoms with Gasteiger partial charge in [0.05, 0.1) is 0 Å². The van der Waals surface area contributed by atoms with Gasteiger partial charge in [-0.1, -0.05) is 36.4 Å². The Morgan fingerprint density at radius 1 is 1.07 bits per heavy atom. The second kappa shape index (κ2) is 4.03. The maximum atomic E-state index is 10.8. The van der Waals surface area contributed by atoms with Gasteiger partial charge in [0.15, 0.2) is 0 Å². The summed E-state index contributed by atoms with van der Waals surface area (Å²) in [6.45, 7) is 0. The molecule has 0 N–H and O–H groups in total. The Labute approximate surface area is 91.1 Å². The van der Waals surface area contributed by atoms with Gasteiger partial charge in [-0.3, -0.25) is 4.79 Å². The summed E-state index contributed by atoms with van der Waals surface area (Å²) in [5.41, 5.74) is 0. The van der Waals surface area contributed by atoms with E-state index in [9.17, 15) is 4.79 Å². The summed E-state index contributed by atoms with van der Waals surface area (Å²) in [5.74, 6) is 0. The molecule has 70 valence electrons. The van der Waals surface area contributed by atoms with E-state index in [2.05, 4.69) is 0 Å². The molecular weight excluding hydrogens is 216 g/mol. The highest BCUT2D eigenvalue weighted by atomic mass is 35.5. The smallest absolute Gasteiger partial charge is 0.268 e. The Bertz CT molecular complexity index is 476. The molecule has 0 saturated heterocycles. The van der Waals surface area contributed by atoms with Crippen LogP contribution in [0.2, 0.25) is 0 Å². The van der Waals surface area contributed by atoms with Gasteiger partial charge < -0.3 is 0 Å². The largest absolute Gasteiger partial charge is 0.284 e. The van der Waals surface area contributed by atoms with E-state index in [1.165, 1.54) is 0 Å². The number of rotatable bonds is 1. The molecule has 3 heteroatoms. The van der Waals surface area contributed by atoms with Crippen molar-refractivity contribution in [2.45, 2.75) is 4.90 Å². The molecule has 0 saturated carbocycles. The van der Waals surface area contributed by atoms with Crippen molar-refractivity contribution < 1.29 is 4.79 Å². The lowest BCUT2D eigenvalue weighted by atomic mass is 10.1.